The minimum Gasteiger partial charge on any atom is -0.323 e. The summed E-state index contributed by atoms with van der Waals surface area (Å²) in [7, 11) is 0. The van der Waals surface area contributed by atoms with Crippen LogP contribution < -0.4 is 0 Å². The van der Waals surface area contributed by atoms with Gasteiger partial charge in [0, 0.05) is 28.9 Å². The largest absolute Gasteiger partial charge is 0.323 e. The first-order chi connectivity index (χ1) is 12.3. The molecule has 1 unspecified atom stereocenters. The monoisotopic (exact) mass is 370 g/mol. The Bertz CT molecular complexity index is 757. The zero-order valence-corrected chi connectivity index (χ0v) is 16.0. The van der Waals surface area contributed by atoms with Crippen LogP contribution in [0.15, 0.2) is 47.6 Å². The fraction of sp³-hybridized carbons (Fsp3) is 0.400. The third-order valence-electron chi connectivity index (χ3n) is 5.15. The van der Waals surface area contributed by atoms with Gasteiger partial charge in [-0.1, -0.05) is 25.0 Å². The number of aromatic nitrogens is 1. The molecule has 0 N–H and O–H groups in total. The van der Waals surface area contributed by atoms with Crippen LogP contribution in [0.1, 0.15) is 36.6 Å². The van der Waals surface area contributed by atoms with Crippen molar-refractivity contribution in [2.75, 3.05) is 12.0 Å². The Hall–Kier alpha value is -1.46. The van der Waals surface area contributed by atoms with Crippen molar-refractivity contribution in [1.29, 1.82) is 0 Å². The first-order valence-corrected chi connectivity index (χ1v) is 11.1. The summed E-state index contributed by atoms with van der Waals surface area (Å²) in [5, 5.41) is 0.119. The highest BCUT2D eigenvalue weighted by Crippen LogP contribution is 2.45. The molecule has 0 spiro atoms. The van der Waals surface area contributed by atoms with Crippen LogP contribution in [0, 0.1) is 0 Å². The second-order valence-electron chi connectivity index (χ2n) is 6.59. The second-order valence-corrected chi connectivity index (χ2v) is 8.54. The topological polar surface area (TPSA) is 33.2 Å². The molecule has 1 aliphatic heterocycles. The standard InChI is InChI=1S/C20H22N2OS2/c1-24-16-8-6-14(7-9-16)18-12-21-11-10-17(18)20-22(19(23)13-25-20)15-4-2-3-5-15/h6-12,15,20H,2-5,13H2,1H3. The van der Waals surface area contributed by atoms with Crippen molar-refractivity contribution >= 4 is 29.4 Å². The molecule has 1 saturated carbocycles. The number of carbonyl (C=O) groups excluding carboxylic acids is 1. The van der Waals surface area contributed by atoms with Crippen LogP contribution in [0.3, 0.4) is 0 Å². The average molecular weight is 371 g/mol. The number of hydrogen-bond donors (Lipinski definition) is 0. The van der Waals surface area contributed by atoms with Gasteiger partial charge in [-0.15, -0.1) is 23.5 Å². The molecule has 2 aliphatic rings. The quantitative estimate of drug-likeness (QED) is 0.710. The van der Waals surface area contributed by atoms with E-state index < -0.39 is 0 Å². The van der Waals surface area contributed by atoms with Crippen molar-refractivity contribution in [2.24, 2.45) is 0 Å². The van der Waals surface area contributed by atoms with Gasteiger partial charge in [0.05, 0.1) is 5.75 Å². The van der Waals surface area contributed by atoms with E-state index >= 15 is 0 Å². The van der Waals surface area contributed by atoms with Gasteiger partial charge in [-0.3, -0.25) is 9.78 Å². The van der Waals surface area contributed by atoms with Crippen molar-refractivity contribution in [3.8, 4) is 11.1 Å². The Morgan fingerprint density at radius 1 is 1.16 bits per heavy atom. The van der Waals surface area contributed by atoms with Gasteiger partial charge in [-0.2, -0.15) is 0 Å². The highest BCUT2D eigenvalue weighted by molar-refractivity contribution is 8.00. The molecular formula is C20H22N2OS2. The van der Waals surface area contributed by atoms with Gasteiger partial charge in [0.25, 0.3) is 0 Å². The maximum Gasteiger partial charge on any atom is 0.234 e. The predicted molar refractivity (Wildman–Crippen MR) is 106 cm³/mol. The van der Waals surface area contributed by atoms with Gasteiger partial charge in [0.1, 0.15) is 5.37 Å². The average Bonchev–Trinajstić information content (AvgIpc) is 3.31. The molecule has 1 aromatic heterocycles. The summed E-state index contributed by atoms with van der Waals surface area (Å²) in [6.07, 6.45) is 10.7. The Morgan fingerprint density at radius 2 is 1.92 bits per heavy atom. The molecule has 4 rings (SSSR count). The normalized spacial score (nSPS) is 21.2. The number of thioether (sulfide) groups is 2. The Balaban J connectivity index is 1.71. The number of nitrogens with zero attached hydrogens (tertiary/aromatic N) is 2. The van der Waals surface area contributed by atoms with Gasteiger partial charge in [0.15, 0.2) is 0 Å². The SMILES string of the molecule is CSc1ccc(-c2cnccc2C2SCC(=O)N2C2CCCC2)cc1. The van der Waals surface area contributed by atoms with Gasteiger partial charge < -0.3 is 4.90 Å². The molecule has 0 bridgehead atoms. The highest BCUT2D eigenvalue weighted by atomic mass is 32.2. The van der Waals surface area contributed by atoms with E-state index in [1.54, 1.807) is 23.5 Å². The lowest BCUT2D eigenvalue weighted by atomic mass is 10.0. The molecule has 2 aromatic rings. The lowest BCUT2D eigenvalue weighted by Crippen LogP contribution is -2.36. The van der Waals surface area contributed by atoms with Crippen LogP contribution >= 0.6 is 23.5 Å². The molecule has 1 saturated heterocycles. The summed E-state index contributed by atoms with van der Waals surface area (Å²) < 4.78 is 0. The number of amides is 1. The van der Waals surface area contributed by atoms with Crippen molar-refractivity contribution in [1.82, 2.24) is 9.88 Å². The van der Waals surface area contributed by atoms with Gasteiger partial charge in [-0.05, 0) is 48.4 Å². The molecule has 1 atom stereocenters. The first-order valence-electron chi connectivity index (χ1n) is 8.79. The smallest absolute Gasteiger partial charge is 0.234 e. The second kappa shape index (κ2) is 7.42. The van der Waals surface area contributed by atoms with Crippen LogP contribution in [0.25, 0.3) is 11.1 Å². The molecule has 2 fully saturated rings. The molecule has 1 aromatic carbocycles. The molecule has 1 amide bonds. The number of pyridine rings is 1. The van der Waals surface area contributed by atoms with Gasteiger partial charge >= 0.3 is 0 Å². The molecule has 25 heavy (non-hydrogen) atoms. The maximum atomic E-state index is 12.6. The van der Waals surface area contributed by atoms with E-state index in [9.17, 15) is 4.79 Å². The minimum absolute atomic E-state index is 0.119. The Labute approximate surface area is 157 Å². The van der Waals surface area contributed by atoms with Crippen molar-refractivity contribution < 1.29 is 4.79 Å². The third-order valence-corrected chi connectivity index (χ3v) is 7.10. The summed E-state index contributed by atoms with van der Waals surface area (Å²) in [4.78, 5) is 20.3. The van der Waals surface area contributed by atoms with E-state index in [2.05, 4.69) is 46.5 Å². The van der Waals surface area contributed by atoms with Gasteiger partial charge in [0.2, 0.25) is 5.91 Å². The molecule has 130 valence electrons. The summed E-state index contributed by atoms with van der Waals surface area (Å²) >= 11 is 3.51. The van der Waals surface area contributed by atoms with Crippen molar-refractivity contribution in [3.63, 3.8) is 0 Å². The summed E-state index contributed by atoms with van der Waals surface area (Å²) in [5.41, 5.74) is 3.53. The first kappa shape index (κ1) is 17.0. The van der Waals surface area contributed by atoms with Crippen molar-refractivity contribution in [3.05, 3.63) is 48.3 Å². The molecule has 2 heterocycles. The number of hydrogen-bond acceptors (Lipinski definition) is 4. The van der Waals surface area contributed by atoms with Crippen molar-refractivity contribution in [2.45, 2.75) is 42.0 Å². The van der Waals surface area contributed by atoms with E-state index in [-0.39, 0.29) is 5.37 Å². The van der Waals surface area contributed by atoms with Crippen LogP contribution in [-0.2, 0) is 4.79 Å². The lowest BCUT2D eigenvalue weighted by Gasteiger charge is -2.31. The summed E-state index contributed by atoms with van der Waals surface area (Å²) in [6, 6.07) is 11.1. The molecule has 5 heteroatoms. The zero-order chi connectivity index (χ0) is 17.2. The van der Waals surface area contributed by atoms with E-state index in [1.165, 1.54) is 28.9 Å². The zero-order valence-electron chi connectivity index (χ0n) is 14.4. The van der Waals surface area contributed by atoms with E-state index in [0.717, 1.165) is 18.4 Å². The predicted octanol–water partition coefficient (Wildman–Crippen LogP) is 4.99. The fourth-order valence-corrected chi connectivity index (χ4v) is 5.58. The maximum absolute atomic E-state index is 12.6. The fourth-order valence-electron chi connectivity index (χ4n) is 3.89. The summed E-state index contributed by atoms with van der Waals surface area (Å²) in [5.74, 6) is 0.885. The highest BCUT2D eigenvalue weighted by Gasteiger charge is 2.39. The van der Waals surface area contributed by atoms with E-state index in [1.807, 2.05) is 12.4 Å². The van der Waals surface area contributed by atoms with Crippen LogP contribution in [0.5, 0.6) is 0 Å². The van der Waals surface area contributed by atoms with E-state index in [0.29, 0.717) is 17.7 Å². The molecular weight excluding hydrogens is 348 g/mol. The third kappa shape index (κ3) is 3.32. The van der Waals surface area contributed by atoms with Crippen LogP contribution in [0.4, 0.5) is 0 Å². The van der Waals surface area contributed by atoms with Gasteiger partial charge in [-0.25, -0.2) is 0 Å². The van der Waals surface area contributed by atoms with E-state index in [4.69, 9.17) is 0 Å². The lowest BCUT2D eigenvalue weighted by molar-refractivity contribution is -0.130. The number of benzene rings is 1. The Morgan fingerprint density at radius 3 is 2.64 bits per heavy atom. The summed E-state index contributed by atoms with van der Waals surface area (Å²) in [6.45, 7) is 0. The number of carbonyl (C=O) groups is 1. The molecule has 1 aliphatic carbocycles. The van der Waals surface area contributed by atoms with Crippen LogP contribution in [0.2, 0.25) is 0 Å². The Kier molecular flexibility index (Phi) is 5.04. The number of rotatable bonds is 4. The molecule has 3 nitrogen and oxygen atoms in total. The van der Waals surface area contributed by atoms with Crippen LogP contribution in [-0.4, -0.2) is 33.8 Å². The minimum atomic E-state index is 0.119. The molecule has 0 radical (unpaired) electrons.